The molecule has 0 radical (unpaired) electrons. The van der Waals surface area contributed by atoms with Crippen molar-refractivity contribution in [2.24, 2.45) is 0 Å². The molecular weight excluding hydrogens is 419 g/mol. The third-order valence-electron chi connectivity index (χ3n) is 5.35. The third-order valence-corrected chi connectivity index (χ3v) is 5.86. The summed E-state index contributed by atoms with van der Waals surface area (Å²) in [6, 6.07) is 16.3. The zero-order valence-electron chi connectivity index (χ0n) is 18.1. The molecule has 0 unspecified atom stereocenters. The van der Waals surface area contributed by atoms with Gasteiger partial charge in [-0.1, -0.05) is 54.4 Å². The van der Waals surface area contributed by atoms with E-state index in [4.69, 9.17) is 27.9 Å². The molecule has 4 nitrogen and oxygen atoms in total. The summed E-state index contributed by atoms with van der Waals surface area (Å²) < 4.78 is 5.60. The van der Waals surface area contributed by atoms with Crippen molar-refractivity contribution in [2.45, 2.75) is 51.8 Å². The maximum Gasteiger partial charge on any atom is 0.410 e. The van der Waals surface area contributed by atoms with Crippen LogP contribution in [0.4, 0.5) is 4.79 Å². The van der Waals surface area contributed by atoms with Crippen molar-refractivity contribution in [3.63, 3.8) is 0 Å². The van der Waals surface area contributed by atoms with E-state index in [0.29, 0.717) is 13.1 Å². The summed E-state index contributed by atoms with van der Waals surface area (Å²) >= 11 is 12.3. The number of hydrogen-bond acceptors (Lipinski definition) is 3. The Labute approximate surface area is 189 Å². The van der Waals surface area contributed by atoms with Crippen LogP contribution in [0, 0.1) is 0 Å². The molecule has 0 spiro atoms. The molecule has 1 atom stereocenters. The van der Waals surface area contributed by atoms with Crippen LogP contribution in [0.1, 0.15) is 51.3 Å². The molecule has 0 aromatic heterocycles. The standard InChI is InChI=1S/C24H30Cl2N2O2/c1-5-21-16-27(23(29)30-24(2,3)4)14-15-28(21)22(17-6-10-19(25)11-7-17)18-8-12-20(26)13-9-18/h6-13,21-22H,5,14-16H2,1-4H3/t21-/m1/s1. The minimum atomic E-state index is -0.495. The van der Waals surface area contributed by atoms with Gasteiger partial charge in [-0.3, -0.25) is 4.90 Å². The van der Waals surface area contributed by atoms with Gasteiger partial charge in [-0.25, -0.2) is 4.79 Å². The first-order valence-corrected chi connectivity index (χ1v) is 11.2. The van der Waals surface area contributed by atoms with Crippen LogP contribution in [-0.2, 0) is 4.74 Å². The second-order valence-corrected chi connectivity index (χ2v) is 9.60. The molecule has 162 valence electrons. The number of rotatable bonds is 4. The molecule has 1 heterocycles. The summed E-state index contributed by atoms with van der Waals surface area (Å²) in [5, 5.41) is 1.44. The van der Waals surface area contributed by atoms with Gasteiger partial charge in [0.1, 0.15) is 5.60 Å². The maximum absolute atomic E-state index is 12.6. The smallest absolute Gasteiger partial charge is 0.410 e. The Bertz CT molecular complexity index is 802. The van der Waals surface area contributed by atoms with Crippen molar-refractivity contribution in [1.82, 2.24) is 9.80 Å². The Morgan fingerprint density at radius 2 is 1.50 bits per heavy atom. The molecule has 2 aromatic rings. The Hall–Kier alpha value is -1.75. The van der Waals surface area contributed by atoms with Crippen molar-refractivity contribution < 1.29 is 9.53 Å². The molecule has 6 heteroatoms. The highest BCUT2D eigenvalue weighted by Crippen LogP contribution is 2.34. The number of halogens is 2. The van der Waals surface area contributed by atoms with Crippen LogP contribution < -0.4 is 0 Å². The number of carbonyl (C=O) groups is 1. The first-order chi connectivity index (χ1) is 14.2. The summed E-state index contributed by atoms with van der Waals surface area (Å²) in [5.74, 6) is 0. The summed E-state index contributed by atoms with van der Waals surface area (Å²) in [6.45, 7) is 9.89. The van der Waals surface area contributed by atoms with Crippen LogP contribution in [0.25, 0.3) is 0 Å². The zero-order chi connectivity index (χ0) is 21.9. The van der Waals surface area contributed by atoms with Crippen molar-refractivity contribution in [3.8, 4) is 0 Å². The van der Waals surface area contributed by atoms with Crippen LogP contribution in [-0.4, -0.2) is 47.2 Å². The molecule has 1 amide bonds. The van der Waals surface area contributed by atoms with Crippen molar-refractivity contribution in [1.29, 1.82) is 0 Å². The second-order valence-electron chi connectivity index (χ2n) is 8.73. The predicted octanol–water partition coefficient (Wildman–Crippen LogP) is 6.41. The number of amides is 1. The Morgan fingerprint density at radius 3 is 1.93 bits per heavy atom. The molecule has 2 aromatic carbocycles. The molecule has 1 fully saturated rings. The average molecular weight is 449 g/mol. The van der Waals surface area contributed by atoms with Gasteiger partial charge in [0.2, 0.25) is 0 Å². The first-order valence-electron chi connectivity index (χ1n) is 10.4. The topological polar surface area (TPSA) is 32.8 Å². The van der Waals surface area contributed by atoms with E-state index in [1.807, 2.05) is 49.9 Å². The zero-order valence-corrected chi connectivity index (χ0v) is 19.6. The normalized spacial score (nSPS) is 18.0. The van der Waals surface area contributed by atoms with Gasteiger partial charge in [0.05, 0.1) is 6.04 Å². The fraction of sp³-hybridized carbons (Fsp3) is 0.458. The maximum atomic E-state index is 12.6. The van der Waals surface area contributed by atoms with Crippen LogP contribution in [0.5, 0.6) is 0 Å². The molecule has 1 aliphatic heterocycles. The van der Waals surface area contributed by atoms with E-state index < -0.39 is 5.60 Å². The minimum Gasteiger partial charge on any atom is -0.444 e. The summed E-state index contributed by atoms with van der Waals surface area (Å²) in [4.78, 5) is 16.9. The van der Waals surface area contributed by atoms with E-state index in [1.165, 1.54) is 11.1 Å². The largest absolute Gasteiger partial charge is 0.444 e. The van der Waals surface area contributed by atoms with E-state index in [-0.39, 0.29) is 18.2 Å². The molecule has 0 bridgehead atoms. The molecule has 30 heavy (non-hydrogen) atoms. The van der Waals surface area contributed by atoms with Gasteiger partial charge in [0.15, 0.2) is 0 Å². The summed E-state index contributed by atoms with van der Waals surface area (Å²) in [5.41, 5.74) is 1.85. The van der Waals surface area contributed by atoms with Gasteiger partial charge in [-0.2, -0.15) is 0 Å². The van der Waals surface area contributed by atoms with Gasteiger partial charge < -0.3 is 9.64 Å². The summed E-state index contributed by atoms with van der Waals surface area (Å²) in [6.07, 6.45) is 0.687. The molecular formula is C24H30Cl2N2O2. The highest BCUT2D eigenvalue weighted by atomic mass is 35.5. The van der Waals surface area contributed by atoms with Gasteiger partial charge in [0, 0.05) is 35.7 Å². The van der Waals surface area contributed by atoms with E-state index >= 15 is 0 Å². The van der Waals surface area contributed by atoms with Gasteiger partial charge >= 0.3 is 6.09 Å². The lowest BCUT2D eigenvalue weighted by Gasteiger charge is -2.45. The first kappa shape index (κ1) is 22.9. The van der Waals surface area contributed by atoms with E-state index in [9.17, 15) is 4.79 Å². The Morgan fingerprint density at radius 1 is 1.00 bits per heavy atom. The molecule has 0 saturated carbocycles. The lowest BCUT2D eigenvalue weighted by Crippen LogP contribution is -2.56. The van der Waals surface area contributed by atoms with Crippen LogP contribution in [0.3, 0.4) is 0 Å². The number of benzene rings is 2. The number of piperazine rings is 1. The van der Waals surface area contributed by atoms with Gasteiger partial charge in [-0.05, 0) is 62.6 Å². The lowest BCUT2D eigenvalue weighted by molar-refractivity contribution is -0.00222. The molecule has 1 saturated heterocycles. The molecule has 1 aliphatic rings. The highest BCUT2D eigenvalue weighted by molar-refractivity contribution is 6.30. The summed E-state index contributed by atoms with van der Waals surface area (Å²) in [7, 11) is 0. The van der Waals surface area contributed by atoms with Crippen LogP contribution in [0.15, 0.2) is 48.5 Å². The van der Waals surface area contributed by atoms with Gasteiger partial charge in [0.25, 0.3) is 0 Å². The predicted molar refractivity (Wildman–Crippen MR) is 123 cm³/mol. The quantitative estimate of drug-likeness (QED) is 0.541. The number of hydrogen-bond donors (Lipinski definition) is 0. The number of ether oxygens (including phenoxy) is 1. The van der Waals surface area contributed by atoms with Crippen molar-refractivity contribution >= 4 is 29.3 Å². The Balaban J connectivity index is 1.88. The number of nitrogens with zero attached hydrogens (tertiary/aromatic N) is 2. The third kappa shape index (κ3) is 5.69. The van der Waals surface area contributed by atoms with Crippen molar-refractivity contribution in [3.05, 3.63) is 69.7 Å². The lowest BCUT2D eigenvalue weighted by atomic mass is 9.94. The minimum absolute atomic E-state index is 0.0604. The van der Waals surface area contributed by atoms with Crippen LogP contribution in [0.2, 0.25) is 10.0 Å². The fourth-order valence-corrected chi connectivity index (χ4v) is 4.18. The monoisotopic (exact) mass is 448 g/mol. The van der Waals surface area contributed by atoms with E-state index in [1.54, 1.807) is 0 Å². The fourth-order valence-electron chi connectivity index (χ4n) is 3.93. The molecule has 0 N–H and O–H groups in total. The van der Waals surface area contributed by atoms with Crippen LogP contribution >= 0.6 is 23.2 Å². The second kappa shape index (κ2) is 9.59. The molecule has 3 rings (SSSR count). The van der Waals surface area contributed by atoms with E-state index in [0.717, 1.165) is 23.0 Å². The SMILES string of the molecule is CC[C@@H]1CN(C(=O)OC(C)(C)C)CCN1C(c1ccc(Cl)cc1)c1ccc(Cl)cc1. The van der Waals surface area contributed by atoms with E-state index in [2.05, 4.69) is 36.1 Å². The van der Waals surface area contributed by atoms with Crippen molar-refractivity contribution in [2.75, 3.05) is 19.6 Å². The number of carbonyl (C=O) groups excluding carboxylic acids is 1. The average Bonchev–Trinajstić information content (AvgIpc) is 2.70. The highest BCUT2D eigenvalue weighted by Gasteiger charge is 2.35. The molecule has 0 aliphatic carbocycles. The Kier molecular flexibility index (Phi) is 7.33. The van der Waals surface area contributed by atoms with Gasteiger partial charge in [-0.15, -0.1) is 0 Å².